The molecule has 6 nitrogen and oxygen atoms in total. The van der Waals surface area contributed by atoms with E-state index in [1.165, 1.54) is 34.2 Å². The molecule has 2 aromatic carbocycles. The highest BCUT2D eigenvalue weighted by atomic mass is 19.1. The lowest BCUT2D eigenvalue weighted by molar-refractivity contribution is -0.141. The molecule has 0 radical (unpaired) electrons. The number of amides is 2. The molecule has 2 amide bonds. The number of rotatable bonds is 7. The summed E-state index contributed by atoms with van der Waals surface area (Å²) in [7, 11) is 1.57. The highest BCUT2D eigenvalue weighted by Gasteiger charge is 2.23. The minimum Gasteiger partial charge on any atom is -0.484 e. The Morgan fingerprint density at radius 3 is 2.50 bits per heavy atom. The van der Waals surface area contributed by atoms with E-state index in [4.69, 9.17) is 4.74 Å². The average molecular weight is 413 g/mol. The lowest BCUT2D eigenvalue weighted by Gasteiger charge is -2.35. The van der Waals surface area contributed by atoms with Crippen LogP contribution in [0.15, 0.2) is 48.5 Å². The van der Waals surface area contributed by atoms with E-state index < -0.39 is 5.82 Å². The highest BCUT2D eigenvalue weighted by molar-refractivity contribution is 5.85. The lowest BCUT2D eigenvalue weighted by Crippen LogP contribution is -2.51. The zero-order valence-corrected chi connectivity index (χ0v) is 17.5. The molecule has 0 spiro atoms. The number of carbonyl (C=O) groups excluding carboxylic acids is 2. The van der Waals surface area contributed by atoms with Gasteiger partial charge >= 0.3 is 0 Å². The molecule has 0 N–H and O–H groups in total. The van der Waals surface area contributed by atoms with Crippen LogP contribution >= 0.6 is 0 Å². The fourth-order valence-corrected chi connectivity index (χ4v) is 3.43. The number of nitrogens with zero attached hydrogens (tertiary/aromatic N) is 3. The first-order chi connectivity index (χ1) is 14.4. The van der Waals surface area contributed by atoms with Crippen LogP contribution in [0.2, 0.25) is 0 Å². The third kappa shape index (κ3) is 6.29. The molecule has 0 bridgehead atoms. The Morgan fingerprint density at radius 1 is 1.07 bits per heavy atom. The molecule has 160 valence electrons. The van der Waals surface area contributed by atoms with Gasteiger partial charge in [0.15, 0.2) is 6.61 Å². The molecule has 1 fully saturated rings. The average Bonchev–Trinajstić information content (AvgIpc) is 2.72. The standard InChI is InChI=1S/C23H28FN3O3/c1-18-5-3-6-19(13-18)15-26-9-11-27(12-10-26)22(28)16-25(2)23(29)17-30-21-8-4-7-20(24)14-21/h3-8,13-14H,9-12,15-17H2,1-2H3. The molecule has 30 heavy (non-hydrogen) atoms. The van der Waals surface area contributed by atoms with Gasteiger partial charge in [-0.15, -0.1) is 0 Å². The van der Waals surface area contributed by atoms with Crippen LogP contribution in [0.3, 0.4) is 0 Å². The van der Waals surface area contributed by atoms with Gasteiger partial charge in [0.1, 0.15) is 11.6 Å². The fourth-order valence-electron chi connectivity index (χ4n) is 3.43. The Bertz CT molecular complexity index is 882. The van der Waals surface area contributed by atoms with E-state index in [1.807, 2.05) is 0 Å². The maximum atomic E-state index is 13.2. The molecular formula is C23H28FN3O3. The summed E-state index contributed by atoms with van der Waals surface area (Å²) in [5.41, 5.74) is 2.52. The van der Waals surface area contributed by atoms with E-state index in [0.29, 0.717) is 13.1 Å². The van der Waals surface area contributed by atoms with Crippen LogP contribution in [-0.2, 0) is 16.1 Å². The molecule has 0 saturated carbocycles. The molecule has 0 unspecified atom stereocenters. The van der Waals surface area contributed by atoms with Gasteiger partial charge in [0.05, 0.1) is 6.54 Å². The number of likely N-dealkylation sites (N-methyl/N-ethyl adjacent to an activating group) is 1. The molecule has 1 heterocycles. The molecule has 7 heteroatoms. The number of benzene rings is 2. The maximum Gasteiger partial charge on any atom is 0.260 e. The van der Waals surface area contributed by atoms with E-state index in [0.717, 1.165) is 19.6 Å². The van der Waals surface area contributed by atoms with Gasteiger partial charge in [-0.2, -0.15) is 0 Å². The van der Waals surface area contributed by atoms with E-state index in [1.54, 1.807) is 18.0 Å². The van der Waals surface area contributed by atoms with Gasteiger partial charge in [-0.25, -0.2) is 4.39 Å². The maximum absolute atomic E-state index is 13.2. The second-order valence-corrected chi connectivity index (χ2v) is 7.64. The van der Waals surface area contributed by atoms with Crippen molar-refractivity contribution in [2.24, 2.45) is 0 Å². The van der Waals surface area contributed by atoms with Crippen LogP contribution in [-0.4, -0.2) is 72.9 Å². The first-order valence-corrected chi connectivity index (χ1v) is 10.1. The molecule has 1 aliphatic rings. The number of carbonyl (C=O) groups is 2. The number of hydrogen-bond acceptors (Lipinski definition) is 4. The van der Waals surface area contributed by atoms with Gasteiger partial charge in [0.25, 0.3) is 5.91 Å². The predicted octanol–water partition coefficient (Wildman–Crippen LogP) is 2.32. The number of piperazine rings is 1. The van der Waals surface area contributed by atoms with E-state index in [9.17, 15) is 14.0 Å². The largest absolute Gasteiger partial charge is 0.484 e. The summed E-state index contributed by atoms with van der Waals surface area (Å²) in [6.07, 6.45) is 0. The van der Waals surface area contributed by atoms with Gasteiger partial charge < -0.3 is 14.5 Å². The van der Waals surface area contributed by atoms with Crippen molar-refractivity contribution in [2.75, 3.05) is 46.4 Å². The summed E-state index contributed by atoms with van der Waals surface area (Å²) in [4.78, 5) is 30.3. The second-order valence-electron chi connectivity index (χ2n) is 7.64. The van der Waals surface area contributed by atoms with E-state index in [-0.39, 0.29) is 30.7 Å². The number of aryl methyl sites for hydroxylation is 1. The Labute approximate surface area is 176 Å². The molecule has 1 saturated heterocycles. The third-order valence-corrected chi connectivity index (χ3v) is 5.17. The van der Waals surface area contributed by atoms with Gasteiger partial charge in [-0.05, 0) is 24.6 Å². The van der Waals surface area contributed by atoms with Crippen molar-refractivity contribution in [3.8, 4) is 5.75 Å². The van der Waals surface area contributed by atoms with Gasteiger partial charge in [0.2, 0.25) is 5.91 Å². The summed E-state index contributed by atoms with van der Waals surface area (Å²) in [6.45, 7) is 5.63. The quantitative estimate of drug-likeness (QED) is 0.699. The van der Waals surface area contributed by atoms with Crippen LogP contribution in [0.4, 0.5) is 4.39 Å². The van der Waals surface area contributed by atoms with Crippen molar-refractivity contribution in [1.29, 1.82) is 0 Å². The second kappa shape index (κ2) is 10.2. The van der Waals surface area contributed by atoms with Crippen molar-refractivity contribution in [2.45, 2.75) is 13.5 Å². The third-order valence-electron chi connectivity index (χ3n) is 5.17. The summed E-state index contributed by atoms with van der Waals surface area (Å²) < 4.78 is 18.5. The SMILES string of the molecule is Cc1cccc(CN2CCN(C(=O)CN(C)C(=O)COc3cccc(F)c3)CC2)c1. The number of ether oxygens (including phenoxy) is 1. The zero-order valence-electron chi connectivity index (χ0n) is 17.5. The Balaban J connectivity index is 1.40. The summed E-state index contributed by atoms with van der Waals surface area (Å²) in [6, 6.07) is 14.1. The van der Waals surface area contributed by atoms with Crippen LogP contribution in [0.25, 0.3) is 0 Å². The summed E-state index contributed by atoms with van der Waals surface area (Å²) in [5.74, 6) is -0.546. The van der Waals surface area contributed by atoms with Crippen molar-refractivity contribution in [3.05, 3.63) is 65.5 Å². The van der Waals surface area contributed by atoms with Crippen LogP contribution in [0, 0.1) is 12.7 Å². The zero-order chi connectivity index (χ0) is 21.5. The van der Waals surface area contributed by atoms with Crippen molar-refractivity contribution >= 4 is 11.8 Å². The monoisotopic (exact) mass is 413 g/mol. The molecule has 3 rings (SSSR count). The number of halogens is 1. The summed E-state index contributed by atoms with van der Waals surface area (Å²) >= 11 is 0. The minimum atomic E-state index is -0.426. The van der Waals surface area contributed by atoms with Crippen LogP contribution in [0.1, 0.15) is 11.1 Å². The first-order valence-electron chi connectivity index (χ1n) is 10.1. The topological polar surface area (TPSA) is 53.1 Å². The van der Waals surface area contributed by atoms with Gasteiger partial charge in [-0.3, -0.25) is 14.5 Å². The van der Waals surface area contributed by atoms with Gasteiger partial charge in [0, 0.05) is 45.8 Å². The van der Waals surface area contributed by atoms with Gasteiger partial charge in [-0.1, -0.05) is 35.9 Å². The predicted molar refractivity (Wildman–Crippen MR) is 113 cm³/mol. The lowest BCUT2D eigenvalue weighted by atomic mass is 10.1. The van der Waals surface area contributed by atoms with Crippen LogP contribution in [0.5, 0.6) is 5.75 Å². The summed E-state index contributed by atoms with van der Waals surface area (Å²) in [5, 5.41) is 0. The molecule has 2 aromatic rings. The Kier molecular flexibility index (Phi) is 7.41. The molecule has 0 aromatic heterocycles. The molecular weight excluding hydrogens is 385 g/mol. The Hall–Kier alpha value is -2.93. The van der Waals surface area contributed by atoms with Crippen molar-refractivity contribution in [1.82, 2.24) is 14.7 Å². The molecule has 0 atom stereocenters. The normalized spacial score (nSPS) is 14.4. The van der Waals surface area contributed by atoms with E-state index in [2.05, 4.69) is 36.1 Å². The minimum absolute atomic E-state index is 0.00320. The smallest absolute Gasteiger partial charge is 0.260 e. The van der Waals surface area contributed by atoms with E-state index >= 15 is 0 Å². The fraction of sp³-hybridized carbons (Fsp3) is 0.391. The molecule has 0 aliphatic carbocycles. The van der Waals surface area contributed by atoms with Crippen LogP contribution < -0.4 is 4.74 Å². The Morgan fingerprint density at radius 2 is 1.80 bits per heavy atom. The van der Waals surface area contributed by atoms with Crippen molar-refractivity contribution in [3.63, 3.8) is 0 Å². The number of hydrogen-bond donors (Lipinski definition) is 0. The molecule has 1 aliphatic heterocycles. The van der Waals surface area contributed by atoms with Crippen molar-refractivity contribution < 1.29 is 18.7 Å². The first kappa shape index (κ1) is 21.8. The highest BCUT2D eigenvalue weighted by Crippen LogP contribution is 2.13.